The lowest BCUT2D eigenvalue weighted by Crippen LogP contribution is -2.64. The standard InChI is InChI=1S/C20H33FN2O4/c1-8-9-15-13-11-20(26-6,27-7)16(21)14(13)10-19(15,22-12(2)24)17(25)23-18(3,4)5/h8,13-16H,1,9-11H2,2-7H3,(H,22,24)(H,23,25)/t13-,14-,15+,16+,19+/m1/s1. The molecule has 2 aliphatic carbocycles. The predicted octanol–water partition coefficient (Wildman–Crippen LogP) is 2.34. The van der Waals surface area contributed by atoms with Gasteiger partial charge in [-0.1, -0.05) is 6.08 Å². The summed E-state index contributed by atoms with van der Waals surface area (Å²) in [5, 5.41) is 5.85. The highest BCUT2D eigenvalue weighted by atomic mass is 19.1. The fourth-order valence-electron chi connectivity index (χ4n) is 4.98. The lowest BCUT2D eigenvalue weighted by atomic mass is 9.78. The smallest absolute Gasteiger partial charge is 0.246 e. The summed E-state index contributed by atoms with van der Waals surface area (Å²) in [6.07, 6.45) is 1.35. The Morgan fingerprint density at radius 2 is 1.81 bits per heavy atom. The SMILES string of the molecule is C=CC[C@H]1[C@@H]2CC(OC)(OC)[C@@H](F)[C@@H]2C[C@@]1(NC(C)=O)C(=O)NC(C)(C)C. The summed E-state index contributed by atoms with van der Waals surface area (Å²) in [4.78, 5) is 25.3. The van der Waals surface area contributed by atoms with E-state index >= 15 is 4.39 Å². The van der Waals surface area contributed by atoms with Crippen molar-refractivity contribution in [3.8, 4) is 0 Å². The molecule has 0 heterocycles. The van der Waals surface area contributed by atoms with Crippen LogP contribution in [0.2, 0.25) is 0 Å². The topological polar surface area (TPSA) is 76.7 Å². The molecule has 0 radical (unpaired) electrons. The average molecular weight is 384 g/mol. The molecule has 2 aliphatic rings. The molecule has 7 heteroatoms. The molecule has 2 amide bonds. The molecule has 0 saturated heterocycles. The van der Waals surface area contributed by atoms with Crippen LogP contribution in [0.3, 0.4) is 0 Å². The van der Waals surface area contributed by atoms with E-state index in [1.165, 1.54) is 21.1 Å². The van der Waals surface area contributed by atoms with Crippen LogP contribution in [-0.4, -0.2) is 49.1 Å². The number of fused-ring (bicyclic) bond motifs is 1. The van der Waals surface area contributed by atoms with E-state index in [0.717, 1.165) is 0 Å². The maximum absolute atomic E-state index is 15.4. The summed E-state index contributed by atoms with van der Waals surface area (Å²) in [5.41, 5.74) is -1.66. The van der Waals surface area contributed by atoms with Crippen LogP contribution in [0.5, 0.6) is 0 Å². The number of carbonyl (C=O) groups excluding carboxylic acids is 2. The van der Waals surface area contributed by atoms with E-state index in [9.17, 15) is 9.59 Å². The van der Waals surface area contributed by atoms with Crippen molar-refractivity contribution in [2.45, 2.75) is 70.0 Å². The van der Waals surface area contributed by atoms with Crippen LogP contribution in [0.15, 0.2) is 12.7 Å². The van der Waals surface area contributed by atoms with Crippen LogP contribution in [-0.2, 0) is 19.1 Å². The Balaban J connectivity index is 2.48. The second-order valence-electron chi connectivity index (χ2n) is 8.85. The number of carbonyl (C=O) groups is 2. The molecule has 0 aromatic heterocycles. The monoisotopic (exact) mass is 384 g/mol. The van der Waals surface area contributed by atoms with Gasteiger partial charge in [0.2, 0.25) is 11.8 Å². The average Bonchev–Trinajstić information content (AvgIpc) is 2.99. The van der Waals surface area contributed by atoms with Gasteiger partial charge in [0.25, 0.3) is 0 Å². The molecule has 0 spiro atoms. The number of halogens is 1. The van der Waals surface area contributed by atoms with Crippen LogP contribution in [0.25, 0.3) is 0 Å². The number of rotatable bonds is 6. The lowest BCUT2D eigenvalue weighted by Gasteiger charge is -2.40. The van der Waals surface area contributed by atoms with Gasteiger partial charge in [-0.3, -0.25) is 9.59 Å². The van der Waals surface area contributed by atoms with Crippen molar-refractivity contribution in [3.05, 3.63) is 12.7 Å². The quantitative estimate of drug-likeness (QED) is 0.544. The number of alkyl halides is 1. The predicted molar refractivity (Wildman–Crippen MR) is 101 cm³/mol. The largest absolute Gasteiger partial charge is 0.351 e. The first-order chi connectivity index (χ1) is 12.5. The van der Waals surface area contributed by atoms with E-state index < -0.39 is 29.0 Å². The van der Waals surface area contributed by atoms with E-state index in [1.807, 2.05) is 20.8 Å². The molecule has 0 aromatic carbocycles. The summed E-state index contributed by atoms with van der Waals surface area (Å²) in [5.74, 6) is -2.82. The number of amides is 2. The van der Waals surface area contributed by atoms with Gasteiger partial charge >= 0.3 is 0 Å². The summed E-state index contributed by atoms with van der Waals surface area (Å²) in [6.45, 7) is 10.8. The third-order valence-electron chi connectivity index (χ3n) is 5.98. The second kappa shape index (κ2) is 7.51. The normalized spacial score (nSPS) is 34.8. The van der Waals surface area contributed by atoms with Crippen molar-refractivity contribution in [2.24, 2.45) is 17.8 Å². The first-order valence-corrected chi connectivity index (χ1v) is 9.43. The van der Waals surface area contributed by atoms with Crippen molar-refractivity contribution >= 4 is 11.8 Å². The Bertz CT molecular complexity index is 599. The maximum atomic E-state index is 15.4. The molecule has 0 bridgehead atoms. The van der Waals surface area contributed by atoms with Crippen molar-refractivity contribution < 1.29 is 23.5 Å². The van der Waals surface area contributed by atoms with Gasteiger partial charge in [0.15, 0.2) is 12.0 Å². The molecule has 5 atom stereocenters. The molecule has 0 aliphatic heterocycles. The molecule has 2 fully saturated rings. The van der Waals surface area contributed by atoms with E-state index in [1.54, 1.807) is 6.08 Å². The zero-order chi connectivity index (χ0) is 20.6. The Labute approximate surface area is 161 Å². The number of allylic oxidation sites excluding steroid dienone is 1. The van der Waals surface area contributed by atoms with Crippen molar-refractivity contribution in [1.29, 1.82) is 0 Å². The van der Waals surface area contributed by atoms with Crippen LogP contribution in [0.4, 0.5) is 4.39 Å². The van der Waals surface area contributed by atoms with E-state index in [2.05, 4.69) is 17.2 Å². The summed E-state index contributed by atoms with van der Waals surface area (Å²) in [7, 11) is 2.88. The number of hydrogen-bond acceptors (Lipinski definition) is 4. The molecule has 2 rings (SSSR count). The zero-order valence-electron chi connectivity index (χ0n) is 17.2. The van der Waals surface area contributed by atoms with Gasteiger partial charge in [-0.15, -0.1) is 6.58 Å². The second-order valence-corrected chi connectivity index (χ2v) is 8.85. The summed E-state index contributed by atoms with van der Waals surface area (Å²) >= 11 is 0. The highest BCUT2D eigenvalue weighted by Gasteiger charge is 2.68. The van der Waals surface area contributed by atoms with Crippen molar-refractivity contribution in [3.63, 3.8) is 0 Å². The minimum Gasteiger partial charge on any atom is -0.351 e. The van der Waals surface area contributed by atoms with Crippen LogP contribution in [0, 0.1) is 17.8 Å². The number of hydrogen-bond donors (Lipinski definition) is 2. The highest BCUT2D eigenvalue weighted by molar-refractivity contribution is 5.92. The van der Waals surface area contributed by atoms with Gasteiger partial charge in [-0.2, -0.15) is 0 Å². The fraction of sp³-hybridized carbons (Fsp3) is 0.800. The van der Waals surface area contributed by atoms with Gasteiger partial charge < -0.3 is 20.1 Å². The molecular formula is C20H33FN2O4. The molecule has 0 aromatic rings. The number of ether oxygens (including phenoxy) is 2. The Morgan fingerprint density at radius 3 is 2.26 bits per heavy atom. The first-order valence-electron chi connectivity index (χ1n) is 9.43. The van der Waals surface area contributed by atoms with Crippen LogP contribution < -0.4 is 10.6 Å². The third-order valence-corrected chi connectivity index (χ3v) is 5.98. The van der Waals surface area contributed by atoms with Crippen LogP contribution in [0.1, 0.15) is 47.0 Å². The van der Waals surface area contributed by atoms with E-state index in [4.69, 9.17) is 9.47 Å². The molecule has 2 N–H and O–H groups in total. The Hall–Kier alpha value is -1.47. The molecule has 6 nitrogen and oxygen atoms in total. The van der Waals surface area contributed by atoms with Gasteiger partial charge in [-0.05, 0) is 45.4 Å². The Kier molecular flexibility index (Phi) is 6.07. The molecular weight excluding hydrogens is 351 g/mol. The first kappa shape index (κ1) is 21.8. The Morgan fingerprint density at radius 1 is 1.22 bits per heavy atom. The summed E-state index contributed by atoms with van der Waals surface area (Å²) < 4.78 is 26.2. The van der Waals surface area contributed by atoms with E-state index in [-0.39, 0.29) is 30.1 Å². The molecule has 27 heavy (non-hydrogen) atoms. The lowest BCUT2D eigenvalue weighted by molar-refractivity contribution is -0.236. The van der Waals surface area contributed by atoms with E-state index in [0.29, 0.717) is 12.8 Å². The zero-order valence-corrected chi connectivity index (χ0v) is 17.2. The van der Waals surface area contributed by atoms with Gasteiger partial charge in [-0.25, -0.2) is 4.39 Å². The van der Waals surface area contributed by atoms with Gasteiger partial charge in [0.05, 0.1) is 0 Å². The van der Waals surface area contributed by atoms with Gasteiger partial charge in [0, 0.05) is 39.0 Å². The minimum atomic E-state index is -1.39. The fourth-order valence-corrected chi connectivity index (χ4v) is 4.98. The third kappa shape index (κ3) is 3.76. The molecule has 0 unspecified atom stereocenters. The van der Waals surface area contributed by atoms with Crippen molar-refractivity contribution in [2.75, 3.05) is 14.2 Å². The minimum absolute atomic E-state index is 0.171. The maximum Gasteiger partial charge on any atom is 0.246 e. The molecule has 154 valence electrons. The van der Waals surface area contributed by atoms with Crippen LogP contribution >= 0.6 is 0 Å². The highest BCUT2D eigenvalue weighted by Crippen LogP contribution is 2.58. The van der Waals surface area contributed by atoms with Gasteiger partial charge in [0.1, 0.15) is 5.54 Å². The van der Waals surface area contributed by atoms with Crippen molar-refractivity contribution in [1.82, 2.24) is 10.6 Å². The number of methoxy groups -OCH3 is 2. The number of nitrogens with one attached hydrogen (secondary N) is 2. The summed E-state index contributed by atoms with van der Waals surface area (Å²) in [6, 6.07) is 0. The molecule has 2 saturated carbocycles.